The van der Waals surface area contributed by atoms with Crippen LogP contribution in [0, 0.1) is 0 Å². The van der Waals surface area contributed by atoms with Crippen LogP contribution in [0.5, 0.6) is 0 Å². The van der Waals surface area contributed by atoms with Crippen LogP contribution in [0.4, 0.5) is 0 Å². The van der Waals surface area contributed by atoms with Gasteiger partial charge < -0.3 is 4.42 Å². The first-order valence-electron chi connectivity index (χ1n) is 18.6. The molecule has 0 aliphatic carbocycles. The molecule has 256 valence electrons. The molecule has 0 aliphatic heterocycles. The summed E-state index contributed by atoms with van der Waals surface area (Å²) in [5.74, 6) is 0. The molecular weight excluding hydrogens is 669 g/mol. The fraction of sp³-hybridized carbons (Fsp3) is 0. The second kappa shape index (κ2) is 12.6. The highest BCUT2D eigenvalue weighted by Gasteiger charge is 2.15. The molecule has 0 bridgehead atoms. The third kappa shape index (κ3) is 5.28. The van der Waals surface area contributed by atoms with Gasteiger partial charge >= 0.3 is 0 Å². The van der Waals surface area contributed by atoms with Gasteiger partial charge in [0.2, 0.25) is 0 Å². The fourth-order valence-corrected chi connectivity index (χ4v) is 8.22. The topological polar surface area (TPSA) is 38.9 Å². The molecule has 0 fully saturated rings. The second-order valence-corrected chi connectivity index (χ2v) is 14.1. The molecule has 0 radical (unpaired) electrons. The first kappa shape index (κ1) is 31.2. The van der Waals surface area contributed by atoms with Gasteiger partial charge in [-0.1, -0.05) is 158 Å². The Morgan fingerprint density at radius 2 is 0.764 bits per heavy atom. The average Bonchev–Trinajstić information content (AvgIpc) is 3.66. The molecule has 0 atom stereocenters. The van der Waals surface area contributed by atoms with E-state index in [9.17, 15) is 0 Å². The summed E-state index contributed by atoms with van der Waals surface area (Å²) < 4.78 is 6.38. The molecule has 2 aromatic heterocycles. The number of para-hydroxylation sites is 2. The molecule has 0 amide bonds. The van der Waals surface area contributed by atoms with Gasteiger partial charge in [-0.15, -0.1) is 0 Å². The van der Waals surface area contributed by atoms with Crippen LogP contribution in [0.3, 0.4) is 0 Å². The molecule has 9 aromatic carbocycles. The van der Waals surface area contributed by atoms with Crippen molar-refractivity contribution >= 4 is 54.5 Å². The van der Waals surface area contributed by atoms with Gasteiger partial charge in [0.25, 0.3) is 0 Å². The maximum absolute atomic E-state index is 6.38. The van der Waals surface area contributed by atoms with Crippen LogP contribution in [0.25, 0.3) is 110 Å². The Morgan fingerprint density at radius 1 is 0.327 bits per heavy atom. The summed E-state index contributed by atoms with van der Waals surface area (Å²) in [5, 5.41) is 6.91. The summed E-state index contributed by atoms with van der Waals surface area (Å²) in [5.41, 5.74) is 14.7. The van der Waals surface area contributed by atoms with E-state index in [1.807, 2.05) is 18.3 Å². The zero-order valence-corrected chi connectivity index (χ0v) is 29.8. The lowest BCUT2D eigenvalue weighted by Crippen LogP contribution is -1.92. The Balaban J connectivity index is 0.936. The van der Waals surface area contributed by atoms with E-state index < -0.39 is 0 Å². The zero-order valence-electron chi connectivity index (χ0n) is 29.8. The molecule has 0 spiro atoms. The molecule has 0 aliphatic rings. The van der Waals surface area contributed by atoms with E-state index in [4.69, 9.17) is 14.4 Å². The quantitative estimate of drug-likeness (QED) is 0.168. The number of rotatable bonds is 5. The molecule has 3 heteroatoms. The van der Waals surface area contributed by atoms with Crippen LogP contribution in [0.15, 0.2) is 199 Å². The highest BCUT2D eigenvalue weighted by atomic mass is 16.3. The van der Waals surface area contributed by atoms with E-state index in [-0.39, 0.29) is 0 Å². The second-order valence-electron chi connectivity index (χ2n) is 14.1. The van der Waals surface area contributed by atoms with Gasteiger partial charge in [0.15, 0.2) is 0 Å². The number of hydrogen-bond donors (Lipinski definition) is 0. The largest absolute Gasteiger partial charge is 0.455 e. The minimum atomic E-state index is 0.859. The van der Waals surface area contributed by atoms with Gasteiger partial charge in [-0.25, -0.2) is 4.98 Å². The van der Waals surface area contributed by atoms with Gasteiger partial charge in [0, 0.05) is 32.7 Å². The predicted molar refractivity (Wildman–Crippen MR) is 229 cm³/mol. The molecule has 0 saturated heterocycles. The lowest BCUT2D eigenvalue weighted by molar-refractivity contribution is 0.670. The third-order valence-electron chi connectivity index (χ3n) is 10.9. The molecule has 0 N–H and O–H groups in total. The lowest BCUT2D eigenvalue weighted by Gasteiger charge is -2.12. The molecular formula is C52H32N2O. The maximum Gasteiger partial charge on any atom is 0.143 e. The van der Waals surface area contributed by atoms with Gasteiger partial charge in [-0.05, 0) is 80.0 Å². The molecule has 55 heavy (non-hydrogen) atoms. The van der Waals surface area contributed by atoms with Crippen molar-refractivity contribution in [1.29, 1.82) is 0 Å². The van der Waals surface area contributed by atoms with Crippen molar-refractivity contribution in [2.45, 2.75) is 0 Å². The van der Waals surface area contributed by atoms with Crippen molar-refractivity contribution in [3.63, 3.8) is 0 Å². The Morgan fingerprint density at radius 3 is 1.38 bits per heavy atom. The van der Waals surface area contributed by atoms with Crippen LogP contribution in [-0.4, -0.2) is 9.97 Å². The standard InChI is InChI=1S/C52H32N2O/c1-3-23-45-42(20-1)43-21-2-4-24-46(43)51-50(45)53-32-48(54-51)40-19-10-17-38(31-40)36-15-8-13-34(29-36)33-12-7-14-35(28-33)37-16-9-18-39(30-37)41-25-11-26-47-44-22-5-6-27-49(44)55-52(41)47/h1-32H. The van der Waals surface area contributed by atoms with Gasteiger partial charge in [0.05, 0.1) is 22.9 Å². The lowest BCUT2D eigenvalue weighted by atomic mass is 9.94. The molecule has 0 saturated carbocycles. The van der Waals surface area contributed by atoms with Crippen molar-refractivity contribution in [2.24, 2.45) is 0 Å². The number of nitrogens with zero attached hydrogens (tertiary/aromatic N) is 2. The van der Waals surface area contributed by atoms with E-state index in [0.717, 1.165) is 88.4 Å². The highest BCUT2D eigenvalue weighted by Crippen LogP contribution is 2.38. The summed E-state index contributed by atoms with van der Waals surface area (Å²) in [6.45, 7) is 0. The normalized spacial score (nSPS) is 11.6. The number of aromatic nitrogens is 2. The number of hydrogen-bond acceptors (Lipinski definition) is 3. The van der Waals surface area contributed by atoms with E-state index in [0.29, 0.717) is 0 Å². The number of benzene rings is 9. The average molecular weight is 701 g/mol. The Kier molecular flexibility index (Phi) is 7.17. The summed E-state index contributed by atoms with van der Waals surface area (Å²) >= 11 is 0. The minimum Gasteiger partial charge on any atom is -0.455 e. The first-order valence-corrected chi connectivity index (χ1v) is 18.6. The number of fused-ring (bicyclic) bond motifs is 9. The Labute approximate surface area is 317 Å². The maximum atomic E-state index is 6.38. The summed E-state index contributed by atoms with van der Waals surface area (Å²) in [6.07, 6.45) is 1.91. The van der Waals surface area contributed by atoms with Crippen molar-refractivity contribution in [2.75, 3.05) is 0 Å². The van der Waals surface area contributed by atoms with Crippen LogP contribution < -0.4 is 0 Å². The van der Waals surface area contributed by atoms with Crippen LogP contribution >= 0.6 is 0 Å². The molecule has 0 unspecified atom stereocenters. The van der Waals surface area contributed by atoms with E-state index in [1.54, 1.807) is 0 Å². The van der Waals surface area contributed by atoms with Gasteiger partial charge in [-0.3, -0.25) is 4.98 Å². The van der Waals surface area contributed by atoms with Crippen molar-refractivity contribution in [3.8, 4) is 55.8 Å². The highest BCUT2D eigenvalue weighted by molar-refractivity contribution is 6.23. The predicted octanol–water partition coefficient (Wildman–Crippen LogP) is 14.2. The minimum absolute atomic E-state index is 0.859. The summed E-state index contributed by atoms with van der Waals surface area (Å²) in [7, 11) is 0. The van der Waals surface area contributed by atoms with E-state index in [1.165, 1.54) is 21.9 Å². The smallest absolute Gasteiger partial charge is 0.143 e. The van der Waals surface area contributed by atoms with Crippen LogP contribution in [0.1, 0.15) is 0 Å². The van der Waals surface area contributed by atoms with Crippen LogP contribution in [-0.2, 0) is 0 Å². The van der Waals surface area contributed by atoms with E-state index >= 15 is 0 Å². The number of furan rings is 1. The Bertz CT molecular complexity index is 3250. The van der Waals surface area contributed by atoms with E-state index in [2.05, 4.69) is 176 Å². The monoisotopic (exact) mass is 700 g/mol. The zero-order chi connectivity index (χ0) is 36.3. The van der Waals surface area contributed by atoms with Gasteiger partial charge in [-0.2, -0.15) is 0 Å². The van der Waals surface area contributed by atoms with Crippen molar-refractivity contribution in [1.82, 2.24) is 9.97 Å². The van der Waals surface area contributed by atoms with Crippen LogP contribution in [0.2, 0.25) is 0 Å². The first-order chi connectivity index (χ1) is 27.2. The molecule has 11 aromatic rings. The fourth-order valence-electron chi connectivity index (χ4n) is 8.22. The van der Waals surface area contributed by atoms with Crippen molar-refractivity contribution < 1.29 is 4.42 Å². The molecule has 11 rings (SSSR count). The van der Waals surface area contributed by atoms with Gasteiger partial charge in [0.1, 0.15) is 11.2 Å². The Hall–Kier alpha value is -7.36. The molecule has 2 heterocycles. The SMILES string of the molecule is c1cc(-c2cccc(-c3cccc(-c4cccc5c4oc4ccccc45)c3)c2)cc(-c2cccc(-c3cnc4c5ccccc5c5ccccc5c4n3)c2)c1. The summed E-state index contributed by atoms with van der Waals surface area (Å²) in [6, 6.07) is 66.6. The summed E-state index contributed by atoms with van der Waals surface area (Å²) in [4.78, 5) is 10.2. The van der Waals surface area contributed by atoms with Crippen molar-refractivity contribution in [3.05, 3.63) is 194 Å². The third-order valence-corrected chi connectivity index (χ3v) is 10.9. The molecule has 3 nitrogen and oxygen atoms in total.